The Morgan fingerprint density at radius 2 is 2.20 bits per heavy atom. The van der Waals surface area contributed by atoms with Crippen LogP contribution in [0.4, 0.5) is 5.69 Å². The first kappa shape index (κ1) is 15.2. The molecule has 0 radical (unpaired) electrons. The lowest BCUT2D eigenvalue weighted by Crippen LogP contribution is -2.29. The van der Waals surface area contributed by atoms with Gasteiger partial charge in [-0.2, -0.15) is 4.31 Å². The van der Waals surface area contributed by atoms with Gasteiger partial charge >= 0.3 is 0 Å². The Hall–Kier alpha value is -1.22. The Bertz CT molecular complexity index is 634. The monoisotopic (exact) mass is 320 g/mol. The largest absolute Gasteiger partial charge is 0.396 e. The van der Waals surface area contributed by atoms with Crippen LogP contribution in [0.5, 0.6) is 0 Å². The molecule has 20 heavy (non-hydrogen) atoms. The van der Waals surface area contributed by atoms with E-state index in [4.69, 9.17) is 16.7 Å². The van der Waals surface area contributed by atoms with Gasteiger partial charge in [0.1, 0.15) is 5.02 Å². The van der Waals surface area contributed by atoms with Crippen molar-refractivity contribution in [1.29, 1.82) is 0 Å². The summed E-state index contributed by atoms with van der Waals surface area (Å²) in [6.07, 6.45) is 0.575. The molecule has 0 aromatic heterocycles. The Balaban J connectivity index is 2.35. The minimum absolute atomic E-state index is 0.0766. The highest BCUT2D eigenvalue weighted by atomic mass is 35.5. The fraction of sp³-hybridized carbons (Fsp3) is 0.455. The van der Waals surface area contributed by atoms with Crippen molar-refractivity contribution < 1.29 is 18.4 Å². The molecule has 1 heterocycles. The van der Waals surface area contributed by atoms with Crippen LogP contribution in [0.15, 0.2) is 23.1 Å². The molecule has 0 aliphatic carbocycles. The second-order valence-electron chi connectivity index (χ2n) is 4.57. The number of rotatable bonds is 4. The predicted molar refractivity (Wildman–Crippen MR) is 72.1 cm³/mol. The molecule has 1 aliphatic heterocycles. The highest BCUT2D eigenvalue weighted by Crippen LogP contribution is 2.30. The summed E-state index contributed by atoms with van der Waals surface area (Å²) >= 11 is 5.66. The predicted octanol–water partition coefficient (Wildman–Crippen LogP) is 1.25. The molecule has 9 heteroatoms. The van der Waals surface area contributed by atoms with E-state index < -0.39 is 20.6 Å². The summed E-state index contributed by atoms with van der Waals surface area (Å²) in [7, 11) is -3.80. The molecular weight excluding hydrogens is 308 g/mol. The van der Waals surface area contributed by atoms with Gasteiger partial charge in [0.25, 0.3) is 5.69 Å². The fourth-order valence-electron chi connectivity index (χ4n) is 2.11. The van der Waals surface area contributed by atoms with Crippen molar-refractivity contribution in [2.45, 2.75) is 11.3 Å². The van der Waals surface area contributed by atoms with E-state index >= 15 is 0 Å². The summed E-state index contributed by atoms with van der Waals surface area (Å²) in [5, 5.41) is 19.7. The van der Waals surface area contributed by atoms with E-state index in [1.165, 1.54) is 16.4 Å². The molecule has 1 aromatic rings. The van der Waals surface area contributed by atoms with Crippen LogP contribution in [-0.2, 0) is 10.0 Å². The van der Waals surface area contributed by atoms with Crippen molar-refractivity contribution in [3.8, 4) is 0 Å². The highest BCUT2D eigenvalue weighted by molar-refractivity contribution is 7.89. The summed E-state index contributed by atoms with van der Waals surface area (Å²) in [6.45, 7) is 0.437. The van der Waals surface area contributed by atoms with Crippen molar-refractivity contribution in [2.75, 3.05) is 19.7 Å². The Kier molecular flexibility index (Phi) is 4.28. The Morgan fingerprint density at radius 3 is 2.75 bits per heavy atom. The number of aliphatic hydroxyl groups is 1. The zero-order valence-electron chi connectivity index (χ0n) is 10.4. The summed E-state index contributed by atoms with van der Waals surface area (Å²) in [6, 6.07) is 3.41. The molecular formula is C11H13ClN2O5S. The van der Waals surface area contributed by atoms with Gasteiger partial charge in [0, 0.05) is 25.8 Å². The molecule has 1 atom stereocenters. The number of nitrogens with zero attached hydrogens (tertiary/aromatic N) is 2. The van der Waals surface area contributed by atoms with Crippen LogP contribution in [0.1, 0.15) is 6.42 Å². The van der Waals surface area contributed by atoms with Crippen LogP contribution in [0.25, 0.3) is 0 Å². The van der Waals surface area contributed by atoms with Gasteiger partial charge in [-0.05, 0) is 24.5 Å². The van der Waals surface area contributed by atoms with E-state index in [0.717, 1.165) is 6.07 Å². The smallest absolute Gasteiger partial charge is 0.289 e. The first-order valence-electron chi connectivity index (χ1n) is 5.91. The lowest BCUT2D eigenvalue weighted by Gasteiger charge is -2.16. The third-order valence-corrected chi connectivity index (χ3v) is 5.44. The van der Waals surface area contributed by atoms with Crippen LogP contribution in [0.2, 0.25) is 5.02 Å². The van der Waals surface area contributed by atoms with Crippen molar-refractivity contribution in [3.63, 3.8) is 0 Å². The van der Waals surface area contributed by atoms with Gasteiger partial charge in [0.2, 0.25) is 10.0 Å². The maximum Gasteiger partial charge on any atom is 0.289 e. The van der Waals surface area contributed by atoms with Gasteiger partial charge < -0.3 is 5.11 Å². The molecule has 1 aliphatic rings. The SMILES string of the molecule is O=[N+]([O-])c1cc(S(=O)(=O)N2CCC(CO)C2)ccc1Cl. The van der Waals surface area contributed by atoms with E-state index in [-0.39, 0.29) is 29.0 Å². The molecule has 1 aromatic carbocycles. The first-order valence-corrected chi connectivity index (χ1v) is 7.73. The van der Waals surface area contributed by atoms with Crippen LogP contribution in [0, 0.1) is 16.0 Å². The molecule has 1 unspecified atom stereocenters. The number of hydrogen-bond donors (Lipinski definition) is 1. The number of aliphatic hydroxyl groups excluding tert-OH is 1. The van der Waals surface area contributed by atoms with Crippen LogP contribution < -0.4 is 0 Å². The average Bonchev–Trinajstić information content (AvgIpc) is 2.88. The average molecular weight is 321 g/mol. The topological polar surface area (TPSA) is 101 Å². The van der Waals surface area contributed by atoms with Gasteiger partial charge in [-0.1, -0.05) is 11.6 Å². The van der Waals surface area contributed by atoms with E-state index in [1.54, 1.807) is 0 Å². The number of halogens is 1. The van der Waals surface area contributed by atoms with Gasteiger partial charge in [-0.15, -0.1) is 0 Å². The van der Waals surface area contributed by atoms with Gasteiger partial charge in [-0.25, -0.2) is 8.42 Å². The summed E-state index contributed by atoms with van der Waals surface area (Å²) in [4.78, 5) is 9.92. The van der Waals surface area contributed by atoms with Crippen molar-refractivity contribution >= 4 is 27.3 Å². The summed E-state index contributed by atoms with van der Waals surface area (Å²) in [5.41, 5.74) is -0.439. The van der Waals surface area contributed by atoms with Crippen LogP contribution >= 0.6 is 11.6 Å². The fourth-order valence-corrected chi connectivity index (χ4v) is 3.84. The molecule has 0 amide bonds. The van der Waals surface area contributed by atoms with Crippen molar-refractivity contribution in [3.05, 3.63) is 33.3 Å². The molecule has 1 fully saturated rings. The summed E-state index contributed by atoms with van der Waals surface area (Å²) < 4.78 is 25.9. The third kappa shape index (κ3) is 2.78. The van der Waals surface area contributed by atoms with E-state index in [1.807, 2.05) is 0 Å². The lowest BCUT2D eigenvalue weighted by molar-refractivity contribution is -0.384. The van der Waals surface area contributed by atoms with Crippen molar-refractivity contribution in [1.82, 2.24) is 4.31 Å². The number of hydrogen-bond acceptors (Lipinski definition) is 5. The Labute approximate surface area is 121 Å². The van der Waals surface area contributed by atoms with Crippen molar-refractivity contribution in [2.24, 2.45) is 5.92 Å². The van der Waals surface area contributed by atoms with E-state index in [9.17, 15) is 18.5 Å². The Morgan fingerprint density at radius 1 is 1.50 bits per heavy atom. The minimum Gasteiger partial charge on any atom is -0.396 e. The molecule has 1 saturated heterocycles. The van der Waals surface area contributed by atoms with Crippen LogP contribution in [-0.4, -0.2) is 42.4 Å². The van der Waals surface area contributed by atoms with Crippen LogP contribution in [0.3, 0.4) is 0 Å². The second kappa shape index (κ2) is 5.65. The number of sulfonamides is 1. The van der Waals surface area contributed by atoms with E-state index in [2.05, 4.69) is 0 Å². The molecule has 0 bridgehead atoms. The van der Waals surface area contributed by atoms with Gasteiger partial charge in [0.05, 0.1) is 9.82 Å². The summed E-state index contributed by atoms with van der Waals surface area (Å²) in [5.74, 6) is -0.0907. The normalized spacial score (nSPS) is 20.2. The molecule has 1 N–H and O–H groups in total. The maximum absolute atomic E-state index is 12.4. The molecule has 2 rings (SSSR count). The maximum atomic E-state index is 12.4. The zero-order chi connectivity index (χ0) is 14.9. The lowest BCUT2D eigenvalue weighted by atomic mass is 10.1. The quantitative estimate of drug-likeness (QED) is 0.664. The first-order chi connectivity index (χ1) is 9.36. The number of benzene rings is 1. The second-order valence-corrected chi connectivity index (χ2v) is 6.92. The number of nitro benzene ring substituents is 1. The minimum atomic E-state index is -3.80. The standard InChI is InChI=1S/C11H13ClN2O5S/c12-10-2-1-9(5-11(10)14(16)17)20(18,19)13-4-3-8(6-13)7-15/h1-2,5,8,15H,3-4,6-7H2. The molecule has 7 nitrogen and oxygen atoms in total. The third-order valence-electron chi connectivity index (χ3n) is 3.26. The van der Waals surface area contributed by atoms with Gasteiger partial charge in [-0.3, -0.25) is 10.1 Å². The molecule has 0 spiro atoms. The molecule has 0 saturated carbocycles. The molecule has 110 valence electrons. The number of nitro groups is 1. The van der Waals surface area contributed by atoms with E-state index in [0.29, 0.717) is 13.0 Å². The highest BCUT2D eigenvalue weighted by Gasteiger charge is 2.33. The zero-order valence-corrected chi connectivity index (χ0v) is 12.0. The van der Waals surface area contributed by atoms with Gasteiger partial charge in [0.15, 0.2) is 0 Å².